The number of amides is 1. The van der Waals surface area contributed by atoms with E-state index in [1.54, 1.807) is 24.0 Å². The number of likely N-dealkylation sites (N-methyl/N-ethyl adjacent to an activating group) is 1. The minimum absolute atomic E-state index is 0.0525. The Morgan fingerprint density at radius 2 is 2.08 bits per heavy atom. The summed E-state index contributed by atoms with van der Waals surface area (Å²) in [6.45, 7) is 3.35. The lowest BCUT2D eigenvalue weighted by Gasteiger charge is -2.25. The number of carbonyl (C=O) groups is 2. The van der Waals surface area contributed by atoms with Crippen LogP contribution in [0.5, 0.6) is 0 Å². The highest BCUT2D eigenvalue weighted by molar-refractivity contribution is 6.33. The highest BCUT2D eigenvalue weighted by atomic mass is 35.5. The minimum atomic E-state index is -0.422. The Kier molecular flexibility index (Phi) is 5.47. The number of carbonyl (C=O) groups excluding carboxylic acids is 2. The normalized spacial score (nSPS) is 13.3. The molecule has 1 aliphatic heterocycles. The molecule has 2 aromatic carbocycles. The van der Waals surface area contributed by atoms with Crippen LogP contribution in [0.3, 0.4) is 0 Å². The Morgan fingerprint density at radius 1 is 1.27 bits per heavy atom. The molecular formula is C20H21ClN2O3. The first-order valence-electron chi connectivity index (χ1n) is 8.57. The molecule has 5 nitrogen and oxygen atoms in total. The fourth-order valence-electron chi connectivity index (χ4n) is 2.95. The molecule has 0 spiro atoms. The van der Waals surface area contributed by atoms with Gasteiger partial charge in [-0.05, 0) is 48.7 Å². The Labute approximate surface area is 157 Å². The van der Waals surface area contributed by atoms with Gasteiger partial charge in [-0.15, -0.1) is 0 Å². The highest BCUT2D eigenvalue weighted by Crippen LogP contribution is 2.23. The van der Waals surface area contributed by atoms with Gasteiger partial charge in [0.2, 0.25) is 0 Å². The predicted molar refractivity (Wildman–Crippen MR) is 102 cm³/mol. The van der Waals surface area contributed by atoms with Gasteiger partial charge in [-0.25, -0.2) is 4.79 Å². The number of fused-ring (bicyclic) bond motifs is 1. The van der Waals surface area contributed by atoms with Crippen molar-refractivity contribution >= 4 is 29.2 Å². The van der Waals surface area contributed by atoms with Crippen LogP contribution in [0.2, 0.25) is 5.02 Å². The molecule has 1 N–H and O–H groups in total. The standard InChI is InChI=1S/C20H21ClN2O3/c1-3-26-20(25)16-7-4-13(10-18(16)21)12-22-15-6-5-14-8-9-23(2)19(24)17(14)11-15/h4-7,10-11,22H,3,8-9,12H2,1-2H3. The number of esters is 1. The number of halogens is 1. The molecule has 6 heteroatoms. The molecule has 2 aromatic rings. The third kappa shape index (κ3) is 3.83. The Morgan fingerprint density at radius 3 is 2.81 bits per heavy atom. The second-order valence-electron chi connectivity index (χ2n) is 6.24. The van der Waals surface area contributed by atoms with E-state index in [9.17, 15) is 9.59 Å². The van der Waals surface area contributed by atoms with Gasteiger partial charge >= 0.3 is 5.97 Å². The summed E-state index contributed by atoms with van der Waals surface area (Å²) < 4.78 is 4.97. The zero-order valence-electron chi connectivity index (χ0n) is 14.8. The van der Waals surface area contributed by atoms with E-state index in [1.165, 1.54) is 0 Å². The lowest BCUT2D eigenvalue weighted by molar-refractivity contribution is 0.0526. The quantitative estimate of drug-likeness (QED) is 0.812. The van der Waals surface area contributed by atoms with Gasteiger partial charge in [-0.3, -0.25) is 4.79 Å². The summed E-state index contributed by atoms with van der Waals surface area (Å²) in [5, 5.41) is 3.67. The predicted octanol–water partition coefficient (Wildman–Crippen LogP) is 3.76. The van der Waals surface area contributed by atoms with Crippen LogP contribution in [0.1, 0.15) is 38.8 Å². The van der Waals surface area contributed by atoms with Gasteiger partial charge in [0.25, 0.3) is 5.91 Å². The van der Waals surface area contributed by atoms with Gasteiger partial charge < -0.3 is 15.0 Å². The summed E-state index contributed by atoms with van der Waals surface area (Å²) in [5.74, 6) is -0.369. The number of benzene rings is 2. The first-order chi connectivity index (χ1) is 12.5. The molecule has 0 fully saturated rings. The number of rotatable bonds is 5. The molecule has 1 amide bonds. The smallest absolute Gasteiger partial charge is 0.339 e. The third-order valence-corrected chi connectivity index (χ3v) is 4.74. The number of hydrogen-bond acceptors (Lipinski definition) is 4. The average Bonchev–Trinajstić information content (AvgIpc) is 2.63. The van der Waals surface area contributed by atoms with E-state index in [1.807, 2.05) is 31.3 Å². The van der Waals surface area contributed by atoms with Gasteiger partial charge in [0.05, 0.1) is 17.2 Å². The molecule has 0 aliphatic carbocycles. The lowest BCUT2D eigenvalue weighted by atomic mass is 9.98. The maximum atomic E-state index is 12.3. The topological polar surface area (TPSA) is 58.6 Å². The van der Waals surface area contributed by atoms with Crippen LogP contribution in [0.15, 0.2) is 36.4 Å². The summed E-state index contributed by atoms with van der Waals surface area (Å²) >= 11 is 6.19. The molecule has 1 aliphatic rings. The summed E-state index contributed by atoms with van der Waals surface area (Å²) in [6, 6.07) is 11.1. The lowest BCUT2D eigenvalue weighted by Crippen LogP contribution is -2.34. The molecule has 0 unspecified atom stereocenters. The van der Waals surface area contributed by atoms with Crippen molar-refractivity contribution in [2.75, 3.05) is 25.5 Å². The fourth-order valence-corrected chi connectivity index (χ4v) is 3.23. The molecule has 136 valence electrons. The maximum Gasteiger partial charge on any atom is 0.339 e. The fraction of sp³-hybridized carbons (Fsp3) is 0.300. The minimum Gasteiger partial charge on any atom is -0.462 e. The molecule has 0 saturated carbocycles. The number of ether oxygens (including phenoxy) is 1. The number of anilines is 1. The summed E-state index contributed by atoms with van der Waals surface area (Å²) in [7, 11) is 1.82. The van der Waals surface area contributed by atoms with Gasteiger partial charge in [-0.2, -0.15) is 0 Å². The monoisotopic (exact) mass is 372 g/mol. The van der Waals surface area contributed by atoms with Crippen LogP contribution < -0.4 is 5.32 Å². The van der Waals surface area contributed by atoms with E-state index in [0.717, 1.165) is 35.3 Å². The average molecular weight is 373 g/mol. The van der Waals surface area contributed by atoms with Crippen LogP contribution in [0, 0.1) is 0 Å². The van der Waals surface area contributed by atoms with E-state index in [0.29, 0.717) is 23.7 Å². The van der Waals surface area contributed by atoms with Crippen LogP contribution in [0.25, 0.3) is 0 Å². The highest BCUT2D eigenvalue weighted by Gasteiger charge is 2.21. The first-order valence-corrected chi connectivity index (χ1v) is 8.95. The Bertz CT molecular complexity index is 851. The first kappa shape index (κ1) is 18.3. The van der Waals surface area contributed by atoms with Crippen molar-refractivity contribution in [3.63, 3.8) is 0 Å². The van der Waals surface area contributed by atoms with Crippen LogP contribution >= 0.6 is 11.6 Å². The molecule has 0 atom stereocenters. The second-order valence-corrected chi connectivity index (χ2v) is 6.64. The van der Waals surface area contributed by atoms with Crippen LogP contribution in [-0.2, 0) is 17.7 Å². The van der Waals surface area contributed by atoms with Crippen molar-refractivity contribution in [1.29, 1.82) is 0 Å². The summed E-state index contributed by atoms with van der Waals surface area (Å²) in [6.07, 6.45) is 0.878. The number of nitrogens with zero attached hydrogens (tertiary/aromatic N) is 1. The molecule has 0 aromatic heterocycles. The number of hydrogen-bond donors (Lipinski definition) is 1. The zero-order chi connectivity index (χ0) is 18.7. The molecule has 0 radical (unpaired) electrons. The Balaban J connectivity index is 1.71. The van der Waals surface area contributed by atoms with E-state index in [-0.39, 0.29) is 5.91 Å². The van der Waals surface area contributed by atoms with Crippen LogP contribution in [-0.4, -0.2) is 37.0 Å². The number of nitrogens with one attached hydrogen (secondary N) is 1. The Hall–Kier alpha value is -2.53. The van der Waals surface area contributed by atoms with Crippen molar-refractivity contribution in [3.05, 3.63) is 63.7 Å². The molecule has 0 saturated heterocycles. The van der Waals surface area contributed by atoms with Crippen molar-refractivity contribution < 1.29 is 14.3 Å². The van der Waals surface area contributed by atoms with Gasteiger partial charge in [0, 0.05) is 31.4 Å². The summed E-state index contributed by atoms with van der Waals surface area (Å²) in [4.78, 5) is 25.8. The van der Waals surface area contributed by atoms with E-state index in [2.05, 4.69) is 5.32 Å². The van der Waals surface area contributed by atoms with Crippen molar-refractivity contribution in [3.8, 4) is 0 Å². The molecule has 1 heterocycles. The zero-order valence-corrected chi connectivity index (χ0v) is 15.6. The van der Waals surface area contributed by atoms with Gasteiger partial charge in [0.1, 0.15) is 0 Å². The molecule has 3 rings (SSSR count). The molecular weight excluding hydrogens is 352 g/mol. The van der Waals surface area contributed by atoms with E-state index < -0.39 is 5.97 Å². The van der Waals surface area contributed by atoms with Gasteiger partial charge in [0.15, 0.2) is 0 Å². The van der Waals surface area contributed by atoms with E-state index >= 15 is 0 Å². The van der Waals surface area contributed by atoms with Crippen molar-refractivity contribution in [2.45, 2.75) is 19.9 Å². The maximum absolute atomic E-state index is 12.3. The summed E-state index contributed by atoms with van der Waals surface area (Å²) in [5.41, 5.74) is 4.00. The van der Waals surface area contributed by atoms with E-state index in [4.69, 9.17) is 16.3 Å². The SMILES string of the molecule is CCOC(=O)c1ccc(CNc2ccc3c(c2)C(=O)N(C)CC3)cc1Cl. The van der Waals surface area contributed by atoms with Crippen LogP contribution in [0.4, 0.5) is 5.69 Å². The largest absolute Gasteiger partial charge is 0.462 e. The molecule has 0 bridgehead atoms. The van der Waals surface area contributed by atoms with Crippen molar-refractivity contribution in [2.24, 2.45) is 0 Å². The van der Waals surface area contributed by atoms with Crippen molar-refractivity contribution in [1.82, 2.24) is 4.90 Å². The third-order valence-electron chi connectivity index (χ3n) is 4.43. The second kappa shape index (κ2) is 7.79. The van der Waals surface area contributed by atoms with Gasteiger partial charge in [-0.1, -0.05) is 23.7 Å². The molecule has 26 heavy (non-hydrogen) atoms.